The van der Waals surface area contributed by atoms with Crippen molar-refractivity contribution < 1.29 is 19.4 Å². The molecule has 1 rings (SSSR count). The van der Waals surface area contributed by atoms with Crippen molar-refractivity contribution in [2.24, 2.45) is 0 Å². The summed E-state index contributed by atoms with van der Waals surface area (Å²) < 4.78 is 4.76. The number of carbonyl (C=O) groups is 2. The van der Waals surface area contributed by atoms with Gasteiger partial charge in [0.15, 0.2) is 0 Å². The number of hydrogen-bond donors (Lipinski definition) is 1. The smallest absolute Gasteiger partial charge is 0.260 e. The van der Waals surface area contributed by atoms with Crippen LogP contribution >= 0.6 is 0 Å². The van der Waals surface area contributed by atoms with Crippen LogP contribution < -0.4 is 0 Å². The highest BCUT2D eigenvalue weighted by atomic mass is 16.6. The van der Waals surface area contributed by atoms with Crippen molar-refractivity contribution in [1.29, 1.82) is 0 Å². The van der Waals surface area contributed by atoms with Gasteiger partial charge >= 0.3 is 0 Å². The van der Waals surface area contributed by atoms with E-state index in [2.05, 4.69) is 6.58 Å². The van der Waals surface area contributed by atoms with E-state index in [1.165, 1.54) is 7.11 Å². The largest absolute Gasteiger partial charge is 0.348 e. The third-order valence-corrected chi connectivity index (χ3v) is 2.26. The Bertz CT molecular complexity index is 293. The van der Waals surface area contributed by atoms with Gasteiger partial charge in [-0.1, -0.05) is 13.5 Å². The summed E-state index contributed by atoms with van der Waals surface area (Å²) >= 11 is 0. The Kier molecular flexibility index (Phi) is 2.73. The third kappa shape index (κ3) is 1.44. The standard InChI is InChI=1S/C9H13NO4/c1-4-9(13,14-3)10-7(11)5-6(2)8(10)12/h13H,2,4-5H2,1,3H3. The fourth-order valence-corrected chi connectivity index (χ4v) is 1.36. The van der Waals surface area contributed by atoms with Crippen molar-refractivity contribution in [3.05, 3.63) is 12.2 Å². The van der Waals surface area contributed by atoms with Crippen LogP contribution in [0.25, 0.3) is 0 Å². The van der Waals surface area contributed by atoms with Crippen molar-refractivity contribution in [2.45, 2.75) is 25.7 Å². The summed E-state index contributed by atoms with van der Waals surface area (Å²) in [6.07, 6.45) is 0.0682. The molecule has 1 aliphatic rings. The maximum absolute atomic E-state index is 11.4. The Morgan fingerprint density at radius 2 is 2.21 bits per heavy atom. The molecular weight excluding hydrogens is 186 g/mol. The first-order valence-corrected chi connectivity index (χ1v) is 4.29. The molecule has 5 heteroatoms. The first kappa shape index (κ1) is 10.9. The van der Waals surface area contributed by atoms with E-state index < -0.39 is 17.7 Å². The molecule has 1 atom stereocenters. The molecule has 0 aliphatic carbocycles. The molecule has 0 aromatic carbocycles. The molecule has 0 aromatic rings. The minimum atomic E-state index is -1.84. The number of nitrogens with zero attached hydrogens (tertiary/aromatic N) is 1. The molecule has 14 heavy (non-hydrogen) atoms. The predicted molar refractivity (Wildman–Crippen MR) is 47.9 cm³/mol. The van der Waals surface area contributed by atoms with Crippen molar-refractivity contribution in [2.75, 3.05) is 7.11 Å². The van der Waals surface area contributed by atoms with Gasteiger partial charge in [-0.05, 0) is 0 Å². The Labute approximate surface area is 82.0 Å². The lowest BCUT2D eigenvalue weighted by Gasteiger charge is -2.32. The van der Waals surface area contributed by atoms with Crippen LogP contribution in [0.5, 0.6) is 0 Å². The fourth-order valence-electron chi connectivity index (χ4n) is 1.36. The van der Waals surface area contributed by atoms with Gasteiger partial charge in [-0.2, -0.15) is 0 Å². The number of hydrogen-bond acceptors (Lipinski definition) is 4. The summed E-state index contributed by atoms with van der Waals surface area (Å²) in [7, 11) is 1.24. The second-order valence-electron chi connectivity index (χ2n) is 3.12. The highest BCUT2D eigenvalue weighted by Gasteiger charge is 2.46. The summed E-state index contributed by atoms with van der Waals surface area (Å²) in [5, 5.41) is 9.81. The van der Waals surface area contributed by atoms with E-state index in [9.17, 15) is 14.7 Å². The van der Waals surface area contributed by atoms with Gasteiger partial charge in [0.2, 0.25) is 5.91 Å². The molecule has 78 valence electrons. The van der Waals surface area contributed by atoms with E-state index in [1.54, 1.807) is 6.92 Å². The number of ether oxygens (including phenoxy) is 1. The third-order valence-electron chi connectivity index (χ3n) is 2.26. The molecule has 1 N–H and O–H groups in total. The summed E-state index contributed by atoms with van der Waals surface area (Å²) in [6.45, 7) is 5.06. The van der Waals surface area contributed by atoms with E-state index in [4.69, 9.17) is 4.74 Å². The number of amides is 2. The molecule has 1 fully saturated rings. The number of likely N-dealkylation sites (tertiary alicyclic amines) is 1. The van der Waals surface area contributed by atoms with Gasteiger partial charge in [-0.25, -0.2) is 4.90 Å². The summed E-state index contributed by atoms with van der Waals surface area (Å²) in [5.41, 5.74) is 0.180. The SMILES string of the molecule is C=C1CC(=O)N(C(O)(CC)OC)C1=O. The van der Waals surface area contributed by atoms with Gasteiger partial charge < -0.3 is 9.84 Å². The first-order chi connectivity index (χ1) is 6.46. The molecule has 0 radical (unpaired) electrons. The van der Waals surface area contributed by atoms with Gasteiger partial charge in [0.25, 0.3) is 11.8 Å². The van der Waals surface area contributed by atoms with Crippen LogP contribution in [0.4, 0.5) is 0 Å². The van der Waals surface area contributed by atoms with Crippen molar-refractivity contribution in [3.63, 3.8) is 0 Å². The quantitative estimate of drug-likeness (QED) is 0.395. The van der Waals surface area contributed by atoms with Crippen LogP contribution in [-0.4, -0.2) is 34.8 Å². The molecular formula is C9H13NO4. The summed E-state index contributed by atoms with van der Waals surface area (Å²) in [4.78, 5) is 23.5. The van der Waals surface area contributed by atoms with E-state index in [1.807, 2.05) is 0 Å². The van der Waals surface area contributed by atoms with Crippen LogP contribution in [0.3, 0.4) is 0 Å². The molecule has 0 aromatic heterocycles. The normalized spacial score (nSPS) is 21.6. The number of methoxy groups -OCH3 is 1. The van der Waals surface area contributed by atoms with Crippen molar-refractivity contribution in [3.8, 4) is 0 Å². The highest BCUT2D eigenvalue weighted by Crippen LogP contribution is 2.27. The van der Waals surface area contributed by atoms with E-state index in [0.29, 0.717) is 0 Å². The lowest BCUT2D eigenvalue weighted by atomic mass is 10.3. The summed E-state index contributed by atoms with van der Waals surface area (Å²) in [6, 6.07) is 0. The molecule has 0 spiro atoms. The van der Waals surface area contributed by atoms with Crippen LogP contribution in [0.15, 0.2) is 12.2 Å². The lowest BCUT2D eigenvalue weighted by Crippen LogP contribution is -2.52. The molecule has 1 saturated heterocycles. The number of rotatable bonds is 3. The topological polar surface area (TPSA) is 66.8 Å². The van der Waals surface area contributed by atoms with Crippen LogP contribution in [0.2, 0.25) is 0 Å². The predicted octanol–water partition coefficient (Wildman–Crippen LogP) is 0.00400. The molecule has 0 saturated carbocycles. The Balaban J connectivity index is 3.02. The lowest BCUT2D eigenvalue weighted by molar-refractivity contribution is -0.263. The molecule has 1 aliphatic heterocycles. The number of aliphatic hydroxyl groups is 1. The van der Waals surface area contributed by atoms with Gasteiger partial charge in [-0.3, -0.25) is 9.59 Å². The molecule has 2 amide bonds. The van der Waals surface area contributed by atoms with Crippen LogP contribution in [0, 0.1) is 0 Å². The second kappa shape index (κ2) is 3.51. The Morgan fingerprint density at radius 1 is 1.64 bits per heavy atom. The van der Waals surface area contributed by atoms with Gasteiger partial charge in [0.05, 0.1) is 6.42 Å². The molecule has 5 nitrogen and oxygen atoms in total. The van der Waals surface area contributed by atoms with Crippen LogP contribution in [-0.2, 0) is 14.3 Å². The van der Waals surface area contributed by atoms with E-state index >= 15 is 0 Å². The molecule has 1 heterocycles. The minimum absolute atomic E-state index is 0.0511. The van der Waals surface area contributed by atoms with E-state index in [-0.39, 0.29) is 18.4 Å². The Hall–Kier alpha value is -1.20. The second-order valence-corrected chi connectivity index (χ2v) is 3.12. The Morgan fingerprint density at radius 3 is 2.50 bits per heavy atom. The molecule has 1 unspecified atom stereocenters. The zero-order valence-electron chi connectivity index (χ0n) is 8.24. The van der Waals surface area contributed by atoms with E-state index in [0.717, 1.165) is 4.90 Å². The monoisotopic (exact) mass is 199 g/mol. The maximum Gasteiger partial charge on any atom is 0.260 e. The highest BCUT2D eigenvalue weighted by molar-refractivity contribution is 6.13. The number of imide groups is 1. The average molecular weight is 199 g/mol. The fraction of sp³-hybridized carbons (Fsp3) is 0.556. The average Bonchev–Trinajstić information content (AvgIpc) is 2.41. The minimum Gasteiger partial charge on any atom is -0.348 e. The zero-order chi connectivity index (χ0) is 10.9. The van der Waals surface area contributed by atoms with Gasteiger partial charge in [0, 0.05) is 19.1 Å². The van der Waals surface area contributed by atoms with Crippen molar-refractivity contribution >= 4 is 11.8 Å². The summed E-state index contributed by atoms with van der Waals surface area (Å²) in [5.74, 6) is -2.89. The zero-order valence-corrected chi connectivity index (χ0v) is 8.24. The van der Waals surface area contributed by atoms with Crippen molar-refractivity contribution in [1.82, 2.24) is 4.90 Å². The van der Waals surface area contributed by atoms with Gasteiger partial charge in [0.1, 0.15) is 0 Å². The first-order valence-electron chi connectivity index (χ1n) is 4.29. The number of carbonyl (C=O) groups excluding carboxylic acids is 2. The van der Waals surface area contributed by atoms with Gasteiger partial charge in [-0.15, -0.1) is 0 Å². The maximum atomic E-state index is 11.4. The molecule has 0 bridgehead atoms. The van der Waals surface area contributed by atoms with Crippen LogP contribution in [0.1, 0.15) is 19.8 Å².